The minimum absolute atomic E-state index is 0.660. The summed E-state index contributed by atoms with van der Waals surface area (Å²) in [5.41, 5.74) is 2.55. The number of hydrogen-bond donors (Lipinski definition) is 0. The molecule has 0 aliphatic heterocycles. The summed E-state index contributed by atoms with van der Waals surface area (Å²) in [6.07, 6.45) is 4.45. The Kier molecular flexibility index (Phi) is 6.84. The number of rotatable bonds is 1. The van der Waals surface area contributed by atoms with Gasteiger partial charge in [-0.3, -0.25) is 4.79 Å². The van der Waals surface area contributed by atoms with E-state index in [-0.39, 0.29) is 0 Å². The summed E-state index contributed by atoms with van der Waals surface area (Å²) in [6, 6.07) is 3.54. The molecule has 0 aromatic carbocycles. The van der Waals surface area contributed by atoms with Gasteiger partial charge < -0.3 is 4.40 Å². The number of aromatic nitrogens is 2. The molecule has 0 spiro atoms. The summed E-state index contributed by atoms with van der Waals surface area (Å²) in [5.74, 6) is 0. The van der Waals surface area contributed by atoms with Gasteiger partial charge in [-0.2, -0.15) is 0 Å². The fraction of sp³-hybridized carbons (Fsp3) is 0.385. The molecule has 0 aliphatic carbocycles. The van der Waals surface area contributed by atoms with Gasteiger partial charge in [0.15, 0.2) is 0 Å². The van der Waals surface area contributed by atoms with Crippen molar-refractivity contribution in [3.63, 3.8) is 0 Å². The second-order valence-corrected chi connectivity index (χ2v) is 2.71. The maximum absolute atomic E-state index is 10.4. The zero-order valence-corrected chi connectivity index (χ0v) is 10.7. The van der Waals surface area contributed by atoms with Crippen LogP contribution in [0.2, 0.25) is 0 Å². The normalized spacial score (nSPS) is 8.56. The molecule has 2 heterocycles. The summed E-state index contributed by atoms with van der Waals surface area (Å²) in [4.78, 5) is 14.6. The van der Waals surface area contributed by atoms with Crippen LogP contribution in [-0.4, -0.2) is 15.7 Å². The maximum atomic E-state index is 10.4. The molecule has 0 saturated carbocycles. The molecule has 0 atom stereocenters. The molecule has 0 fully saturated rings. The van der Waals surface area contributed by atoms with Crippen LogP contribution in [0.15, 0.2) is 24.5 Å². The van der Waals surface area contributed by atoms with E-state index < -0.39 is 0 Å². The lowest BCUT2D eigenvalue weighted by atomic mass is 10.3. The number of carbonyl (C=O) groups is 1. The van der Waals surface area contributed by atoms with E-state index >= 15 is 0 Å². The highest BCUT2D eigenvalue weighted by molar-refractivity contribution is 5.76. The van der Waals surface area contributed by atoms with E-state index in [4.69, 9.17) is 0 Å². The predicted octanol–water partition coefficient (Wildman–Crippen LogP) is 3.51. The average Bonchev–Trinajstić information content (AvgIpc) is 2.75. The van der Waals surface area contributed by atoms with Crippen LogP contribution in [0.3, 0.4) is 0 Å². The van der Waals surface area contributed by atoms with Crippen molar-refractivity contribution < 1.29 is 4.79 Å². The molecule has 0 amide bonds. The number of imidazole rings is 1. The smallest absolute Gasteiger partial charge is 0.150 e. The van der Waals surface area contributed by atoms with Crippen LogP contribution < -0.4 is 0 Å². The molecule has 0 bridgehead atoms. The van der Waals surface area contributed by atoms with Crippen LogP contribution in [0.25, 0.3) is 5.65 Å². The Labute approximate surface area is 97.1 Å². The first kappa shape index (κ1) is 14.4. The molecule has 2 aromatic rings. The zero-order valence-electron chi connectivity index (χ0n) is 10.7. The number of nitrogens with zero attached hydrogens (tertiary/aromatic N) is 2. The third kappa shape index (κ3) is 3.19. The highest BCUT2D eigenvalue weighted by atomic mass is 16.1. The lowest BCUT2D eigenvalue weighted by molar-refractivity contribution is 0.112. The molecule has 88 valence electrons. The van der Waals surface area contributed by atoms with Crippen LogP contribution in [0.1, 0.15) is 43.7 Å². The molecule has 0 unspecified atom stereocenters. The maximum Gasteiger partial charge on any atom is 0.150 e. The van der Waals surface area contributed by atoms with E-state index in [1.807, 2.05) is 45.2 Å². The first-order valence-corrected chi connectivity index (χ1v) is 5.70. The van der Waals surface area contributed by atoms with Crippen molar-refractivity contribution in [2.24, 2.45) is 0 Å². The van der Waals surface area contributed by atoms with Gasteiger partial charge in [0.05, 0.1) is 0 Å². The number of pyridine rings is 1. The largest absolute Gasteiger partial charge is 0.304 e. The van der Waals surface area contributed by atoms with Crippen LogP contribution in [0.4, 0.5) is 0 Å². The van der Waals surface area contributed by atoms with Crippen LogP contribution in [0, 0.1) is 6.92 Å². The lowest BCUT2D eigenvalue weighted by Gasteiger charge is -1.95. The third-order valence-electron chi connectivity index (χ3n) is 1.86. The topological polar surface area (TPSA) is 34.4 Å². The van der Waals surface area contributed by atoms with Crippen molar-refractivity contribution in [2.45, 2.75) is 34.6 Å². The molecule has 0 aliphatic rings. The fourth-order valence-corrected chi connectivity index (χ4v) is 1.20. The zero-order chi connectivity index (χ0) is 12.6. The number of aryl methyl sites for hydroxylation is 1. The average molecular weight is 220 g/mol. The Balaban J connectivity index is 0.000000509. The molecule has 0 N–H and O–H groups in total. The number of fused-ring (bicyclic) bond motifs is 1. The minimum atomic E-state index is 0.660. The quantitative estimate of drug-likeness (QED) is 0.689. The van der Waals surface area contributed by atoms with Crippen molar-refractivity contribution >= 4 is 11.9 Å². The summed E-state index contributed by atoms with van der Waals surface area (Å²) in [7, 11) is 0. The third-order valence-corrected chi connectivity index (χ3v) is 1.86. The van der Waals surface area contributed by atoms with E-state index in [1.165, 1.54) is 0 Å². The number of carbonyl (C=O) groups excluding carboxylic acids is 1. The Bertz CT molecular complexity index is 432. The first-order chi connectivity index (χ1) is 7.81. The van der Waals surface area contributed by atoms with Gasteiger partial charge in [0.2, 0.25) is 0 Å². The summed E-state index contributed by atoms with van der Waals surface area (Å²) >= 11 is 0. The van der Waals surface area contributed by atoms with Crippen molar-refractivity contribution in [3.8, 4) is 0 Å². The van der Waals surface area contributed by atoms with Crippen molar-refractivity contribution in [2.75, 3.05) is 0 Å². The van der Waals surface area contributed by atoms with Gasteiger partial charge >= 0.3 is 0 Å². The Morgan fingerprint density at radius 3 is 2.44 bits per heavy atom. The van der Waals surface area contributed by atoms with E-state index in [9.17, 15) is 4.79 Å². The van der Waals surface area contributed by atoms with E-state index in [1.54, 1.807) is 18.3 Å². The second-order valence-electron chi connectivity index (χ2n) is 2.71. The highest BCUT2D eigenvalue weighted by Crippen LogP contribution is 2.06. The predicted molar refractivity (Wildman–Crippen MR) is 68.0 cm³/mol. The van der Waals surface area contributed by atoms with Gasteiger partial charge in [0.25, 0.3) is 0 Å². The first-order valence-electron chi connectivity index (χ1n) is 5.70. The summed E-state index contributed by atoms with van der Waals surface area (Å²) in [5, 5.41) is 0. The van der Waals surface area contributed by atoms with Crippen LogP contribution in [0.5, 0.6) is 0 Å². The minimum Gasteiger partial charge on any atom is -0.304 e. The van der Waals surface area contributed by atoms with Gasteiger partial charge in [-0.05, 0) is 19.1 Å². The van der Waals surface area contributed by atoms with Crippen molar-refractivity contribution in [1.29, 1.82) is 0 Å². The summed E-state index contributed by atoms with van der Waals surface area (Å²) < 4.78 is 1.94. The monoisotopic (exact) mass is 220 g/mol. The molecule has 16 heavy (non-hydrogen) atoms. The molecule has 3 nitrogen and oxygen atoms in total. The molecular weight excluding hydrogens is 200 g/mol. The lowest BCUT2D eigenvalue weighted by Crippen LogP contribution is -1.88. The molecule has 3 heteroatoms. The van der Waals surface area contributed by atoms with E-state index in [0.717, 1.165) is 17.6 Å². The SMILES string of the molecule is CC.CC.Cc1cnc2cc(C=O)ccn12. The number of aldehydes is 1. The summed E-state index contributed by atoms with van der Waals surface area (Å²) in [6.45, 7) is 9.97. The van der Waals surface area contributed by atoms with Crippen LogP contribution >= 0.6 is 0 Å². The fourth-order valence-electron chi connectivity index (χ4n) is 1.20. The second kappa shape index (κ2) is 7.63. The molecule has 2 aromatic heterocycles. The Hall–Kier alpha value is -1.64. The molecule has 0 radical (unpaired) electrons. The van der Waals surface area contributed by atoms with Gasteiger partial charge in [0, 0.05) is 23.7 Å². The van der Waals surface area contributed by atoms with Gasteiger partial charge in [-0.1, -0.05) is 27.7 Å². The number of hydrogen-bond acceptors (Lipinski definition) is 2. The Morgan fingerprint density at radius 1 is 1.25 bits per heavy atom. The molecule has 2 rings (SSSR count). The highest BCUT2D eigenvalue weighted by Gasteiger charge is 1.98. The van der Waals surface area contributed by atoms with E-state index in [2.05, 4.69) is 4.98 Å². The standard InChI is InChI=1S/C9H8N2O.2C2H6/c1-7-5-10-9-4-8(6-12)2-3-11(7)9;2*1-2/h2-6H,1H3;2*1-2H3. The molecule has 0 saturated heterocycles. The molecular formula is C13H20N2O. The van der Waals surface area contributed by atoms with E-state index in [0.29, 0.717) is 5.56 Å². The van der Waals surface area contributed by atoms with Crippen molar-refractivity contribution in [1.82, 2.24) is 9.38 Å². The van der Waals surface area contributed by atoms with Gasteiger partial charge in [0.1, 0.15) is 11.9 Å². The van der Waals surface area contributed by atoms with Crippen molar-refractivity contribution in [3.05, 3.63) is 35.8 Å². The Morgan fingerprint density at radius 2 is 1.88 bits per heavy atom. The van der Waals surface area contributed by atoms with Gasteiger partial charge in [-0.25, -0.2) is 4.98 Å². The van der Waals surface area contributed by atoms with Gasteiger partial charge in [-0.15, -0.1) is 0 Å². The van der Waals surface area contributed by atoms with Crippen LogP contribution in [-0.2, 0) is 0 Å².